The molecule has 0 radical (unpaired) electrons. The molecule has 0 aromatic heterocycles. The van der Waals surface area contributed by atoms with Crippen molar-refractivity contribution in [1.29, 1.82) is 0 Å². The molecule has 1 aliphatic heterocycles. The molecule has 2 rings (SSSR count). The third-order valence-electron chi connectivity index (χ3n) is 2.83. The summed E-state index contributed by atoms with van der Waals surface area (Å²) in [6.07, 6.45) is 2.95. The molecule has 8 heteroatoms. The molecule has 0 saturated carbocycles. The summed E-state index contributed by atoms with van der Waals surface area (Å²) in [6.45, 7) is 0.870. The van der Waals surface area contributed by atoms with Crippen LogP contribution in [0.25, 0.3) is 0 Å². The molecule has 1 atom stereocenters. The normalized spacial score (nSPS) is 18.1. The summed E-state index contributed by atoms with van der Waals surface area (Å²) >= 11 is 0. The van der Waals surface area contributed by atoms with Gasteiger partial charge >= 0.3 is 0 Å². The average molecular weight is 320 g/mol. The fourth-order valence-corrected chi connectivity index (χ4v) is 2.54. The molecule has 1 aliphatic rings. The van der Waals surface area contributed by atoms with Gasteiger partial charge < -0.3 is 10.6 Å². The zero-order valence-corrected chi connectivity index (χ0v) is 12.7. The van der Waals surface area contributed by atoms with E-state index in [0.29, 0.717) is 11.4 Å². The molecule has 1 amide bonds. The molecule has 112 valence electrons. The Hall–Kier alpha value is -1.31. The molecule has 0 aliphatic carbocycles. The first-order chi connectivity index (χ1) is 8.94. The van der Waals surface area contributed by atoms with E-state index >= 15 is 0 Å². The summed E-state index contributed by atoms with van der Waals surface area (Å²) in [5.41, 5.74) is 1.12. The number of benzene rings is 1. The van der Waals surface area contributed by atoms with Gasteiger partial charge in [-0.2, -0.15) is 0 Å². The van der Waals surface area contributed by atoms with Crippen LogP contribution >= 0.6 is 12.4 Å². The van der Waals surface area contributed by atoms with Crippen LogP contribution in [-0.4, -0.2) is 33.2 Å². The number of rotatable bonds is 4. The Balaban J connectivity index is 0.00000200. The van der Waals surface area contributed by atoms with E-state index in [0.717, 1.165) is 25.6 Å². The number of nitrogens with one attached hydrogen (secondary N) is 3. The summed E-state index contributed by atoms with van der Waals surface area (Å²) in [7, 11) is -3.27. The number of amides is 1. The molecule has 0 unspecified atom stereocenters. The van der Waals surface area contributed by atoms with Crippen molar-refractivity contribution in [1.82, 2.24) is 5.32 Å². The molecule has 0 bridgehead atoms. The van der Waals surface area contributed by atoms with Crippen molar-refractivity contribution in [2.24, 2.45) is 0 Å². The quantitative estimate of drug-likeness (QED) is 0.777. The first-order valence-corrected chi connectivity index (χ1v) is 7.95. The molecule has 0 spiro atoms. The molecule has 3 N–H and O–H groups in total. The monoisotopic (exact) mass is 319 g/mol. The summed E-state index contributed by atoms with van der Waals surface area (Å²) in [6, 6.07) is 6.42. The van der Waals surface area contributed by atoms with Crippen LogP contribution in [0.3, 0.4) is 0 Å². The Morgan fingerprint density at radius 2 is 1.85 bits per heavy atom. The molecule has 1 fully saturated rings. The van der Waals surface area contributed by atoms with E-state index in [9.17, 15) is 13.2 Å². The highest BCUT2D eigenvalue weighted by atomic mass is 35.5. The lowest BCUT2D eigenvalue weighted by molar-refractivity contribution is -0.117. The zero-order chi connectivity index (χ0) is 13.9. The Kier molecular flexibility index (Phi) is 5.79. The topological polar surface area (TPSA) is 87.3 Å². The number of anilines is 2. The van der Waals surface area contributed by atoms with Crippen LogP contribution in [0.2, 0.25) is 0 Å². The molecule has 20 heavy (non-hydrogen) atoms. The highest BCUT2D eigenvalue weighted by Gasteiger charge is 2.21. The van der Waals surface area contributed by atoms with Gasteiger partial charge in [0.05, 0.1) is 12.3 Å². The van der Waals surface area contributed by atoms with Gasteiger partial charge in [0.25, 0.3) is 0 Å². The lowest BCUT2D eigenvalue weighted by atomic mass is 10.2. The van der Waals surface area contributed by atoms with Gasteiger partial charge in [-0.05, 0) is 43.7 Å². The van der Waals surface area contributed by atoms with E-state index in [1.165, 1.54) is 0 Å². The van der Waals surface area contributed by atoms with Crippen LogP contribution in [0.4, 0.5) is 11.4 Å². The maximum absolute atomic E-state index is 11.8. The van der Waals surface area contributed by atoms with Gasteiger partial charge in [-0.3, -0.25) is 9.52 Å². The van der Waals surface area contributed by atoms with Crippen LogP contribution in [0, 0.1) is 0 Å². The predicted molar refractivity (Wildman–Crippen MR) is 81.8 cm³/mol. The highest BCUT2D eigenvalue weighted by molar-refractivity contribution is 7.92. The molecular weight excluding hydrogens is 302 g/mol. The number of sulfonamides is 1. The van der Waals surface area contributed by atoms with Gasteiger partial charge in [-0.1, -0.05) is 0 Å². The first-order valence-electron chi connectivity index (χ1n) is 6.06. The third kappa shape index (κ3) is 4.99. The Morgan fingerprint density at radius 3 is 2.35 bits per heavy atom. The van der Waals surface area contributed by atoms with Crippen LogP contribution in [0.1, 0.15) is 12.8 Å². The Morgan fingerprint density at radius 1 is 1.25 bits per heavy atom. The van der Waals surface area contributed by atoms with Crippen LogP contribution in [0.15, 0.2) is 24.3 Å². The second kappa shape index (κ2) is 6.92. The van der Waals surface area contributed by atoms with E-state index in [2.05, 4.69) is 15.4 Å². The predicted octanol–water partition coefficient (Wildman–Crippen LogP) is 1.17. The summed E-state index contributed by atoms with van der Waals surface area (Å²) in [4.78, 5) is 11.8. The lowest BCUT2D eigenvalue weighted by Gasteiger charge is -2.11. The van der Waals surface area contributed by atoms with Gasteiger partial charge in [-0.25, -0.2) is 8.42 Å². The SMILES string of the molecule is CS(=O)(=O)Nc1ccc(NC(=O)[C@@H]2CCCN2)cc1.Cl. The molecule has 1 saturated heterocycles. The van der Waals surface area contributed by atoms with Crippen molar-refractivity contribution in [3.63, 3.8) is 0 Å². The summed E-state index contributed by atoms with van der Waals surface area (Å²) < 4.78 is 24.5. The zero-order valence-electron chi connectivity index (χ0n) is 11.0. The van der Waals surface area contributed by atoms with Gasteiger partial charge in [0.2, 0.25) is 15.9 Å². The van der Waals surface area contributed by atoms with Gasteiger partial charge in [0.1, 0.15) is 0 Å². The molecule has 1 heterocycles. The Labute approximate surface area is 124 Å². The van der Waals surface area contributed by atoms with Gasteiger partial charge in [0.15, 0.2) is 0 Å². The van der Waals surface area contributed by atoms with Crippen LogP contribution in [-0.2, 0) is 14.8 Å². The van der Waals surface area contributed by atoms with Crippen LogP contribution < -0.4 is 15.4 Å². The second-order valence-electron chi connectivity index (χ2n) is 4.59. The van der Waals surface area contributed by atoms with Crippen molar-refractivity contribution in [2.45, 2.75) is 18.9 Å². The minimum absolute atomic E-state index is 0. The van der Waals surface area contributed by atoms with Crippen LogP contribution in [0.5, 0.6) is 0 Å². The van der Waals surface area contributed by atoms with E-state index in [4.69, 9.17) is 0 Å². The van der Waals surface area contributed by atoms with E-state index in [1.54, 1.807) is 24.3 Å². The average Bonchev–Trinajstić information content (AvgIpc) is 2.83. The van der Waals surface area contributed by atoms with Gasteiger partial charge in [-0.15, -0.1) is 12.4 Å². The number of carbonyl (C=O) groups excluding carboxylic acids is 1. The number of hydrogen-bond acceptors (Lipinski definition) is 4. The first kappa shape index (κ1) is 16.7. The molecular formula is C12H18ClN3O3S. The van der Waals surface area contributed by atoms with Gasteiger partial charge in [0, 0.05) is 11.4 Å². The number of carbonyl (C=O) groups is 1. The largest absolute Gasteiger partial charge is 0.325 e. The minimum atomic E-state index is -3.27. The summed E-state index contributed by atoms with van der Waals surface area (Å²) in [5.74, 6) is -0.0543. The van der Waals surface area contributed by atoms with E-state index in [1.807, 2.05) is 0 Å². The standard InChI is InChI=1S/C12H17N3O3S.ClH/c1-19(17,18)15-10-6-4-9(5-7-10)14-12(16)11-3-2-8-13-11;/h4-7,11,13,15H,2-3,8H2,1H3,(H,14,16);1H/t11-;/m0./s1. The van der Waals surface area contributed by atoms with Crippen molar-refractivity contribution >= 4 is 39.7 Å². The smallest absolute Gasteiger partial charge is 0.241 e. The number of hydrogen-bond donors (Lipinski definition) is 3. The second-order valence-corrected chi connectivity index (χ2v) is 6.34. The Bertz CT molecular complexity index is 554. The molecule has 6 nitrogen and oxygen atoms in total. The fourth-order valence-electron chi connectivity index (χ4n) is 1.97. The van der Waals surface area contributed by atoms with Crippen molar-refractivity contribution in [3.8, 4) is 0 Å². The van der Waals surface area contributed by atoms with E-state index < -0.39 is 10.0 Å². The van der Waals surface area contributed by atoms with Crippen molar-refractivity contribution in [2.75, 3.05) is 22.8 Å². The molecule has 1 aromatic carbocycles. The fraction of sp³-hybridized carbons (Fsp3) is 0.417. The molecule has 1 aromatic rings. The number of halogens is 1. The maximum atomic E-state index is 11.8. The lowest BCUT2D eigenvalue weighted by Crippen LogP contribution is -2.35. The highest BCUT2D eigenvalue weighted by Crippen LogP contribution is 2.15. The van der Waals surface area contributed by atoms with Crippen molar-refractivity contribution < 1.29 is 13.2 Å². The minimum Gasteiger partial charge on any atom is -0.325 e. The summed E-state index contributed by atoms with van der Waals surface area (Å²) in [5, 5.41) is 5.91. The third-order valence-corrected chi connectivity index (χ3v) is 3.44. The van der Waals surface area contributed by atoms with Crippen molar-refractivity contribution in [3.05, 3.63) is 24.3 Å². The maximum Gasteiger partial charge on any atom is 0.241 e. The van der Waals surface area contributed by atoms with E-state index in [-0.39, 0.29) is 24.4 Å².